The number of hydrogen-bond acceptors (Lipinski definition) is 4. The predicted molar refractivity (Wildman–Crippen MR) is 99.5 cm³/mol. The number of anilines is 1. The molecule has 136 valence electrons. The van der Waals surface area contributed by atoms with Crippen LogP contribution in [0.5, 0.6) is 11.5 Å². The van der Waals surface area contributed by atoms with Gasteiger partial charge in [0.1, 0.15) is 0 Å². The number of hydrogen-bond donors (Lipinski definition) is 1. The quantitative estimate of drug-likeness (QED) is 0.921. The van der Waals surface area contributed by atoms with Crippen LogP contribution < -0.4 is 14.8 Å². The van der Waals surface area contributed by atoms with Gasteiger partial charge in [0.15, 0.2) is 11.5 Å². The lowest BCUT2D eigenvalue weighted by atomic mass is 10.2. The summed E-state index contributed by atoms with van der Waals surface area (Å²) in [5.74, 6) is 1.39. The fraction of sp³-hybridized carbons (Fsp3) is 0.350. The number of amides is 2. The molecule has 1 fully saturated rings. The summed E-state index contributed by atoms with van der Waals surface area (Å²) in [6.07, 6.45) is 0.974. The maximum Gasteiger partial charge on any atom is 0.321 e. The second-order valence-corrected chi connectivity index (χ2v) is 6.60. The average Bonchev–Trinajstić information content (AvgIpc) is 3.00. The van der Waals surface area contributed by atoms with E-state index in [1.165, 1.54) is 5.56 Å². The Balaban J connectivity index is 1.32. The van der Waals surface area contributed by atoms with Gasteiger partial charge in [-0.25, -0.2) is 4.79 Å². The highest BCUT2D eigenvalue weighted by molar-refractivity contribution is 5.89. The van der Waals surface area contributed by atoms with E-state index in [0.29, 0.717) is 11.5 Å². The molecule has 6 nitrogen and oxygen atoms in total. The zero-order valence-corrected chi connectivity index (χ0v) is 14.7. The van der Waals surface area contributed by atoms with Crippen LogP contribution in [0.3, 0.4) is 0 Å². The van der Waals surface area contributed by atoms with E-state index in [9.17, 15) is 4.79 Å². The summed E-state index contributed by atoms with van der Waals surface area (Å²) in [5, 5.41) is 2.97. The van der Waals surface area contributed by atoms with Crippen molar-refractivity contribution in [3.63, 3.8) is 0 Å². The van der Waals surface area contributed by atoms with Crippen molar-refractivity contribution >= 4 is 11.7 Å². The molecule has 0 aromatic heterocycles. The molecule has 0 aliphatic carbocycles. The van der Waals surface area contributed by atoms with Crippen LogP contribution in [0.2, 0.25) is 0 Å². The maximum absolute atomic E-state index is 12.6. The van der Waals surface area contributed by atoms with Gasteiger partial charge in [0, 0.05) is 44.5 Å². The standard InChI is InChI=1S/C20H23N3O3/c24-20(21-17-7-8-18-19(13-17)26-15-25-18)23-10-4-9-22(11-12-23)14-16-5-2-1-3-6-16/h1-3,5-8,13H,4,9-12,14-15H2,(H,21,24). The molecule has 26 heavy (non-hydrogen) atoms. The van der Waals surface area contributed by atoms with Crippen molar-refractivity contribution in [2.45, 2.75) is 13.0 Å². The first-order valence-electron chi connectivity index (χ1n) is 9.00. The molecule has 0 spiro atoms. The van der Waals surface area contributed by atoms with E-state index in [2.05, 4.69) is 34.5 Å². The van der Waals surface area contributed by atoms with Gasteiger partial charge in [-0.05, 0) is 24.1 Å². The van der Waals surface area contributed by atoms with Gasteiger partial charge in [0.05, 0.1) is 0 Å². The molecule has 2 heterocycles. The van der Waals surface area contributed by atoms with Gasteiger partial charge < -0.3 is 19.7 Å². The smallest absolute Gasteiger partial charge is 0.321 e. The third-order valence-electron chi connectivity index (χ3n) is 4.75. The molecule has 2 aromatic carbocycles. The van der Waals surface area contributed by atoms with Gasteiger partial charge in [0.2, 0.25) is 6.79 Å². The van der Waals surface area contributed by atoms with E-state index in [0.717, 1.165) is 44.8 Å². The molecular weight excluding hydrogens is 330 g/mol. The lowest BCUT2D eigenvalue weighted by molar-refractivity contribution is 0.174. The number of benzene rings is 2. The minimum absolute atomic E-state index is 0.0644. The fourth-order valence-electron chi connectivity index (χ4n) is 3.35. The number of ether oxygens (including phenoxy) is 2. The third-order valence-corrected chi connectivity index (χ3v) is 4.75. The molecule has 2 aromatic rings. The van der Waals surface area contributed by atoms with Crippen molar-refractivity contribution in [1.29, 1.82) is 0 Å². The summed E-state index contributed by atoms with van der Waals surface area (Å²) in [6, 6.07) is 15.9. The van der Waals surface area contributed by atoms with Crippen molar-refractivity contribution in [2.24, 2.45) is 0 Å². The Morgan fingerprint density at radius 3 is 2.69 bits per heavy atom. The van der Waals surface area contributed by atoms with Crippen LogP contribution in [0.4, 0.5) is 10.5 Å². The third kappa shape index (κ3) is 3.91. The Bertz CT molecular complexity index is 766. The summed E-state index contributed by atoms with van der Waals surface area (Å²) in [4.78, 5) is 16.9. The Morgan fingerprint density at radius 1 is 0.962 bits per heavy atom. The number of carbonyl (C=O) groups is 1. The highest BCUT2D eigenvalue weighted by atomic mass is 16.7. The van der Waals surface area contributed by atoms with E-state index < -0.39 is 0 Å². The number of rotatable bonds is 3. The molecular formula is C20H23N3O3. The van der Waals surface area contributed by atoms with E-state index in [1.54, 1.807) is 6.07 Å². The van der Waals surface area contributed by atoms with Crippen molar-refractivity contribution < 1.29 is 14.3 Å². The van der Waals surface area contributed by atoms with Crippen molar-refractivity contribution in [3.8, 4) is 11.5 Å². The van der Waals surface area contributed by atoms with Crippen LogP contribution >= 0.6 is 0 Å². The second-order valence-electron chi connectivity index (χ2n) is 6.60. The molecule has 6 heteroatoms. The summed E-state index contributed by atoms with van der Waals surface area (Å²) >= 11 is 0. The van der Waals surface area contributed by atoms with E-state index >= 15 is 0 Å². The summed E-state index contributed by atoms with van der Waals surface area (Å²) in [6.45, 7) is 4.53. The van der Waals surface area contributed by atoms with Gasteiger partial charge in [0.25, 0.3) is 0 Å². The number of nitrogens with zero attached hydrogens (tertiary/aromatic N) is 2. The summed E-state index contributed by atoms with van der Waals surface area (Å²) in [5.41, 5.74) is 2.04. The normalized spacial score (nSPS) is 17.0. The molecule has 2 amide bonds. The number of urea groups is 1. The first-order valence-corrected chi connectivity index (χ1v) is 9.00. The summed E-state index contributed by atoms with van der Waals surface area (Å²) < 4.78 is 10.7. The first-order chi connectivity index (χ1) is 12.8. The van der Waals surface area contributed by atoms with Crippen LogP contribution in [0.15, 0.2) is 48.5 Å². The Morgan fingerprint density at radius 2 is 1.81 bits per heavy atom. The molecule has 0 saturated carbocycles. The van der Waals surface area contributed by atoms with Crippen LogP contribution in [0.1, 0.15) is 12.0 Å². The average molecular weight is 353 g/mol. The molecule has 1 N–H and O–H groups in total. The fourth-order valence-corrected chi connectivity index (χ4v) is 3.35. The largest absolute Gasteiger partial charge is 0.454 e. The Hall–Kier alpha value is -2.73. The van der Waals surface area contributed by atoms with Crippen molar-refractivity contribution in [2.75, 3.05) is 38.3 Å². The molecule has 1 saturated heterocycles. The van der Waals surface area contributed by atoms with E-state index in [1.807, 2.05) is 23.1 Å². The molecule has 2 aliphatic heterocycles. The van der Waals surface area contributed by atoms with Gasteiger partial charge in [-0.1, -0.05) is 30.3 Å². The maximum atomic E-state index is 12.6. The molecule has 0 bridgehead atoms. The van der Waals surface area contributed by atoms with Crippen LogP contribution in [-0.2, 0) is 6.54 Å². The van der Waals surface area contributed by atoms with E-state index in [-0.39, 0.29) is 12.8 Å². The highest BCUT2D eigenvalue weighted by Gasteiger charge is 2.20. The Kier molecular flexibility index (Phi) is 4.93. The van der Waals surface area contributed by atoms with E-state index in [4.69, 9.17) is 9.47 Å². The topological polar surface area (TPSA) is 54.0 Å². The predicted octanol–water partition coefficient (Wildman–Crippen LogP) is 3.16. The minimum atomic E-state index is -0.0644. The van der Waals surface area contributed by atoms with Crippen LogP contribution in [0.25, 0.3) is 0 Å². The van der Waals surface area contributed by atoms with Gasteiger partial charge in [-0.3, -0.25) is 4.90 Å². The molecule has 0 atom stereocenters. The number of carbonyl (C=O) groups excluding carboxylic acids is 1. The Labute approximate surface area is 153 Å². The van der Waals surface area contributed by atoms with Crippen LogP contribution in [0, 0.1) is 0 Å². The van der Waals surface area contributed by atoms with Gasteiger partial charge in [-0.15, -0.1) is 0 Å². The monoisotopic (exact) mass is 353 g/mol. The first kappa shape index (κ1) is 16.7. The molecule has 0 radical (unpaired) electrons. The van der Waals surface area contributed by atoms with Crippen molar-refractivity contribution in [1.82, 2.24) is 9.80 Å². The zero-order chi connectivity index (χ0) is 17.8. The minimum Gasteiger partial charge on any atom is -0.454 e. The lowest BCUT2D eigenvalue weighted by Crippen LogP contribution is -2.38. The molecule has 4 rings (SSSR count). The second kappa shape index (κ2) is 7.66. The van der Waals surface area contributed by atoms with Crippen molar-refractivity contribution in [3.05, 3.63) is 54.1 Å². The summed E-state index contributed by atoms with van der Waals surface area (Å²) in [7, 11) is 0. The SMILES string of the molecule is O=C(Nc1ccc2c(c1)OCO2)N1CCCN(Cc2ccccc2)CC1. The zero-order valence-electron chi connectivity index (χ0n) is 14.7. The van der Waals surface area contributed by atoms with Gasteiger partial charge in [-0.2, -0.15) is 0 Å². The van der Waals surface area contributed by atoms with Crippen LogP contribution in [-0.4, -0.2) is 48.8 Å². The number of nitrogens with one attached hydrogen (secondary N) is 1. The molecule has 0 unspecified atom stereocenters. The highest BCUT2D eigenvalue weighted by Crippen LogP contribution is 2.34. The molecule has 2 aliphatic rings. The number of fused-ring (bicyclic) bond motifs is 1. The van der Waals surface area contributed by atoms with Gasteiger partial charge >= 0.3 is 6.03 Å². The lowest BCUT2D eigenvalue weighted by Gasteiger charge is -2.22.